The number of benzene rings is 1. The summed E-state index contributed by atoms with van der Waals surface area (Å²) in [5.41, 5.74) is 0.750. The molecule has 0 N–H and O–H groups in total. The van der Waals surface area contributed by atoms with Gasteiger partial charge in [-0.05, 0) is 50.8 Å². The van der Waals surface area contributed by atoms with Crippen LogP contribution in [0.15, 0.2) is 30.3 Å². The maximum absolute atomic E-state index is 12.5. The van der Waals surface area contributed by atoms with Gasteiger partial charge in [0.2, 0.25) is 0 Å². The Morgan fingerprint density at radius 1 is 1.24 bits per heavy atom. The fourth-order valence-corrected chi connectivity index (χ4v) is 3.72. The minimum absolute atomic E-state index is 0.0294. The van der Waals surface area contributed by atoms with Gasteiger partial charge >= 0.3 is 5.97 Å². The molecule has 21 heavy (non-hydrogen) atoms. The molecule has 2 unspecified atom stereocenters. The van der Waals surface area contributed by atoms with E-state index in [1.807, 2.05) is 25.1 Å². The quantitative estimate of drug-likeness (QED) is 0.780. The highest BCUT2D eigenvalue weighted by atomic mass is 16.5. The normalized spacial score (nSPS) is 29.1. The van der Waals surface area contributed by atoms with Gasteiger partial charge in [-0.3, -0.25) is 4.79 Å². The first-order valence-corrected chi connectivity index (χ1v) is 8.22. The molecule has 3 heteroatoms. The van der Waals surface area contributed by atoms with Crippen LogP contribution in [0.5, 0.6) is 0 Å². The fraction of sp³-hybridized carbons (Fsp3) is 0.611. The second-order valence-electron chi connectivity index (χ2n) is 6.32. The number of carbonyl (C=O) groups excluding carboxylic acids is 1. The van der Waals surface area contributed by atoms with Gasteiger partial charge in [0, 0.05) is 6.54 Å². The zero-order valence-electron chi connectivity index (χ0n) is 12.9. The number of rotatable bonds is 5. The zero-order chi connectivity index (χ0) is 14.7. The van der Waals surface area contributed by atoms with E-state index in [-0.39, 0.29) is 11.4 Å². The monoisotopic (exact) mass is 287 g/mol. The molecule has 1 aromatic carbocycles. The number of likely N-dealkylation sites (tertiary alicyclic amines) is 1. The third-order valence-electron chi connectivity index (χ3n) is 4.96. The zero-order valence-corrected chi connectivity index (χ0v) is 12.9. The summed E-state index contributed by atoms with van der Waals surface area (Å²) >= 11 is 0. The second-order valence-corrected chi connectivity index (χ2v) is 6.32. The molecule has 1 saturated carbocycles. The van der Waals surface area contributed by atoms with E-state index in [0.717, 1.165) is 18.5 Å². The smallest absolute Gasteiger partial charge is 0.316 e. The van der Waals surface area contributed by atoms with Crippen molar-refractivity contribution in [1.29, 1.82) is 0 Å². The maximum atomic E-state index is 12.5. The highest BCUT2D eigenvalue weighted by molar-refractivity contribution is 5.87. The summed E-state index contributed by atoms with van der Waals surface area (Å²) in [5, 5.41) is 0. The molecule has 3 nitrogen and oxygen atoms in total. The van der Waals surface area contributed by atoms with Crippen LogP contribution in [0.1, 0.15) is 38.2 Å². The van der Waals surface area contributed by atoms with Crippen LogP contribution in [0.3, 0.4) is 0 Å². The molecule has 0 amide bonds. The predicted molar refractivity (Wildman–Crippen MR) is 83.2 cm³/mol. The number of hydrogen-bond acceptors (Lipinski definition) is 3. The number of nitrogens with zero attached hydrogens (tertiary/aromatic N) is 1. The van der Waals surface area contributed by atoms with E-state index in [0.29, 0.717) is 12.5 Å². The summed E-state index contributed by atoms with van der Waals surface area (Å²) in [5.74, 6) is 0.384. The standard InChI is InChI=1S/C18H25NO2/c1-2-21-17(20)18(15-9-5-3-6-10-15)13-16(18)14-19-11-7-4-8-12-19/h3,5-6,9-10,16H,2,4,7-8,11-14H2,1H3. The Kier molecular flexibility index (Phi) is 4.29. The average Bonchev–Trinajstić information content (AvgIpc) is 3.25. The lowest BCUT2D eigenvalue weighted by Crippen LogP contribution is -2.35. The van der Waals surface area contributed by atoms with Crippen molar-refractivity contribution in [3.63, 3.8) is 0 Å². The topological polar surface area (TPSA) is 29.5 Å². The van der Waals surface area contributed by atoms with Crippen molar-refractivity contribution in [1.82, 2.24) is 4.90 Å². The molecule has 1 heterocycles. The number of ether oxygens (including phenoxy) is 1. The summed E-state index contributed by atoms with van der Waals surface area (Å²) in [6.07, 6.45) is 4.88. The van der Waals surface area contributed by atoms with Crippen molar-refractivity contribution >= 4 is 5.97 Å². The van der Waals surface area contributed by atoms with Gasteiger partial charge in [-0.15, -0.1) is 0 Å². The van der Waals surface area contributed by atoms with Crippen molar-refractivity contribution in [2.75, 3.05) is 26.2 Å². The Labute approximate surface area is 127 Å². The first kappa shape index (κ1) is 14.6. The highest BCUT2D eigenvalue weighted by Gasteiger charge is 2.62. The molecule has 1 aromatic rings. The minimum Gasteiger partial charge on any atom is -0.465 e. The van der Waals surface area contributed by atoms with E-state index in [9.17, 15) is 4.79 Å². The lowest BCUT2D eigenvalue weighted by Gasteiger charge is -2.27. The summed E-state index contributed by atoms with van der Waals surface area (Å²) in [6.45, 7) is 5.75. The van der Waals surface area contributed by atoms with Crippen molar-refractivity contribution in [2.24, 2.45) is 5.92 Å². The molecule has 1 aliphatic heterocycles. The molecule has 0 radical (unpaired) electrons. The van der Waals surface area contributed by atoms with E-state index >= 15 is 0 Å². The Morgan fingerprint density at radius 3 is 2.62 bits per heavy atom. The summed E-state index contributed by atoms with van der Waals surface area (Å²) in [6, 6.07) is 10.2. The molecule has 3 rings (SSSR count). The molecular weight excluding hydrogens is 262 g/mol. The Balaban J connectivity index is 1.75. The second kappa shape index (κ2) is 6.18. The molecule has 1 saturated heterocycles. The lowest BCUT2D eigenvalue weighted by molar-refractivity contribution is -0.146. The van der Waals surface area contributed by atoms with Crippen molar-refractivity contribution < 1.29 is 9.53 Å². The highest BCUT2D eigenvalue weighted by Crippen LogP contribution is 2.55. The largest absolute Gasteiger partial charge is 0.465 e. The van der Waals surface area contributed by atoms with Crippen LogP contribution in [0.25, 0.3) is 0 Å². The van der Waals surface area contributed by atoms with E-state index in [1.54, 1.807) is 0 Å². The van der Waals surface area contributed by atoms with Crippen LogP contribution in [-0.4, -0.2) is 37.1 Å². The van der Waals surface area contributed by atoms with Crippen LogP contribution in [-0.2, 0) is 14.9 Å². The van der Waals surface area contributed by atoms with Gasteiger partial charge < -0.3 is 9.64 Å². The molecule has 2 aliphatic rings. The number of carbonyl (C=O) groups is 1. The van der Waals surface area contributed by atoms with Gasteiger partial charge in [-0.2, -0.15) is 0 Å². The number of piperidine rings is 1. The van der Waals surface area contributed by atoms with Crippen molar-refractivity contribution in [2.45, 2.75) is 38.0 Å². The van der Waals surface area contributed by atoms with Gasteiger partial charge in [0.05, 0.1) is 12.0 Å². The molecule has 0 bridgehead atoms. The molecule has 2 fully saturated rings. The average molecular weight is 287 g/mol. The van der Waals surface area contributed by atoms with Crippen LogP contribution >= 0.6 is 0 Å². The molecular formula is C18H25NO2. The van der Waals surface area contributed by atoms with E-state index < -0.39 is 0 Å². The number of esters is 1. The Bertz CT molecular complexity index is 481. The van der Waals surface area contributed by atoms with Gasteiger partial charge in [-0.1, -0.05) is 36.8 Å². The Morgan fingerprint density at radius 2 is 1.95 bits per heavy atom. The van der Waals surface area contributed by atoms with Crippen LogP contribution < -0.4 is 0 Å². The molecule has 0 spiro atoms. The van der Waals surface area contributed by atoms with Crippen LogP contribution in [0.4, 0.5) is 0 Å². The van der Waals surface area contributed by atoms with Gasteiger partial charge in [-0.25, -0.2) is 0 Å². The summed E-state index contributed by atoms with van der Waals surface area (Å²) in [4.78, 5) is 15.1. The first-order valence-electron chi connectivity index (χ1n) is 8.22. The predicted octanol–water partition coefficient (Wildman–Crippen LogP) is 2.99. The summed E-state index contributed by atoms with van der Waals surface area (Å²) in [7, 11) is 0. The third-order valence-corrected chi connectivity index (χ3v) is 4.96. The van der Waals surface area contributed by atoms with Gasteiger partial charge in [0.25, 0.3) is 0 Å². The first-order chi connectivity index (χ1) is 10.3. The summed E-state index contributed by atoms with van der Waals surface area (Å²) < 4.78 is 5.39. The van der Waals surface area contributed by atoms with Gasteiger partial charge in [0.1, 0.15) is 0 Å². The lowest BCUT2D eigenvalue weighted by atomic mass is 9.93. The SMILES string of the molecule is CCOC(=O)C1(c2ccccc2)CC1CN1CCCCC1. The molecule has 2 atom stereocenters. The van der Waals surface area contributed by atoms with Crippen LogP contribution in [0.2, 0.25) is 0 Å². The third kappa shape index (κ3) is 2.84. The Hall–Kier alpha value is -1.35. The van der Waals surface area contributed by atoms with E-state index in [1.165, 1.54) is 32.4 Å². The maximum Gasteiger partial charge on any atom is 0.316 e. The van der Waals surface area contributed by atoms with Crippen LogP contribution in [0, 0.1) is 5.92 Å². The molecule has 1 aliphatic carbocycles. The van der Waals surface area contributed by atoms with Crippen molar-refractivity contribution in [3.05, 3.63) is 35.9 Å². The van der Waals surface area contributed by atoms with E-state index in [2.05, 4.69) is 17.0 Å². The molecule has 114 valence electrons. The minimum atomic E-state index is -0.380. The fourth-order valence-electron chi connectivity index (χ4n) is 3.72. The van der Waals surface area contributed by atoms with Crippen molar-refractivity contribution in [3.8, 4) is 0 Å². The van der Waals surface area contributed by atoms with Gasteiger partial charge in [0.15, 0.2) is 0 Å². The van der Waals surface area contributed by atoms with E-state index in [4.69, 9.17) is 4.74 Å². The number of hydrogen-bond donors (Lipinski definition) is 0. The molecule has 0 aromatic heterocycles.